The van der Waals surface area contributed by atoms with Gasteiger partial charge >= 0.3 is 0 Å². The molecule has 0 spiro atoms. The van der Waals surface area contributed by atoms with Gasteiger partial charge in [-0.05, 0) is 57.0 Å². The van der Waals surface area contributed by atoms with Crippen LogP contribution in [0.5, 0.6) is 0 Å². The minimum Gasteiger partial charge on any atom is -0.389 e. The number of piperidine rings is 1. The first-order valence-corrected chi connectivity index (χ1v) is 10.7. The van der Waals surface area contributed by atoms with Gasteiger partial charge < -0.3 is 20.6 Å². The highest BCUT2D eigenvalue weighted by atomic mass is 19.1. The maximum Gasteiger partial charge on any atom is 0.227 e. The Balaban J connectivity index is 1.58. The van der Waals surface area contributed by atoms with Crippen molar-refractivity contribution in [2.24, 2.45) is 0 Å². The van der Waals surface area contributed by atoms with E-state index < -0.39 is 12.3 Å². The van der Waals surface area contributed by atoms with E-state index in [-0.39, 0.29) is 12.0 Å². The van der Waals surface area contributed by atoms with Gasteiger partial charge in [-0.3, -0.25) is 4.90 Å². The zero-order valence-corrected chi connectivity index (χ0v) is 18.2. The monoisotopic (exact) mass is 427 g/mol. The van der Waals surface area contributed by atoms with Crippen molar-refractivity contribution in [3.8, 4) is 0 Å². The number of hydrogen-bond acceptors (Lipinski definition) is 7. The molecule has 31 heavy (non-hydrogen) atoms. The van der Waals surface area contributed by atoms with Crippen molar-refractivity contribution in [2.45, 2.75) is 51.4 Å². The third kappa shape index (κ3) is 4.46. The molecule has 3 heterocycles. The van der Waals surface area contributed by atoms with E-state index in [4.69, 9.17) is 10.1 Å². The number of rotatable bonds is 5. The Labute approximate surface area is 181 Å². The van der Waals surface area contributed by atoms with Crippen molar-refractivity contribution in [1.82, 2.24) is 14.9 Å². The topological polar surface area (TPSA) is 94.4 Å². The quantitative estimate of drug-likeness (QED) is 0.635. The van der Waals surface area contributed by atoms with E-state index in [1.54, 1.807) is 6.20 Å². The Kier molecular flexibility index (Phi) is 6.31. The first-order chi connectivity index (χ1) is 14.9. The predicted octanol–water partition coefficient (Wildman–Crippen LogP) is 3.18. The average molecular weight is 428 g/mol. The third-order valence-electron chi connectivity index (χ3n) is 6.36. The molecule has 4 atom stereocenters. The number of benzene rings is 1. The molecule has 2 aliphatic rings. The van der Waals surface area contributed by atoms with Crippen LogP contribution in [0.15, 0.2) is 29.6 Å². The zero-order valence-electron chi connectivity index (χ0n) is 18.2. The number of aliphatic hydroxyl groups is 1. The highest BCUT2D eigenvalue weighted by Crippen LogP contribution is 2.35. The van der Waals surface area contributed by atoms with Crippen LogP contribution < -0.4 is 5.32 Å². The van der Waals surface area contributed by atoms with Crippen LogP contribution >= 0.6 is 0 Å². The molecule has 1 aromatic carbocycles. The van der Waals surface area contributed by atoms with E-state index in [0.717, 1.165) is 34.1 Å². The number of likely N-dealkylation sites (tertiary alicyclic amines) is 1. The molecular formula is C23H30FN5O2. The van der Waals surface area contributed by atoms with Crippen LogP contribution in [0.3, 0.4) is 0 Å². The number of hydrogen-bond donors (Lipinski definition) is 3. The van der Waals surface area contributed by atoms with Gasteiger partial charge in [0.15, 0.2) is 0 Å². The second kappa shape index (κ2) is 8.98. The van der Waals surface area contributed by atoms with Crippen molar-refractivity contribution in [3.05, 3.63) is 40.7 Å². The number of aryl methyl sites for hydroxylation is 1. The first kappa shape index (κ1) is 21.8. The summed E-state index contributed by atoms with van der Waals surface area (Å²) in [5.41, 5.74) is 4.38. The van der Waals surface area contributed by atoms with E-state index in [9.17, 15) is 5.11 Å². The minimum absolute atomic E-state index is 0.114. The van der Waals surface area contributed by atoms with Crippen LogP contribution in [-0.2, 0) is 4.74 Å². The lowest BCUT2D eigenvalue weighted by atomic mass is 9.84. The Morgan fingerprint density at radius 1 is 1.35 bits per heavy atom. The number of allylic oxidation sites excluding steroid dienone is 2. The van der Waals surface area contributed by atoms with Gasteiger partial charge in [-0.25, -0.2) is 14.4 Å². The molecule has 3 N–H and O–H groups in total. The summed E-state index contributed by atoms with van der Waals surface area (Å²) >= 11 is 0. The molecule has 0 saturated carbocycles. The molecule has 4 rings (SSSR count). The second-order valence-corrected chi connectivity index (χ2v) is 8.72. The Hall–Kier alpha value is -2.42. The molecule has 0 unspecified atom stereocenters. The summed E-state index contributed by atoms with van der Waals surface area (Å²) < 4.78 is 20.6. The summed E-state index contributed by atoms with van der Waals surface area (Å²) in [4.78, 5) is 11.0. The van der Waals surface area contributed by atoms with E-state index in [1.807, 2.05) is 37.8 Å². The maximum absolute atomic E-state index is 15.3. The van der Waals surface area contributed by atoms with Gasteiger partial charge in [0.1, 0.15) is 6.17 Å². The van der Waals surface area contributed by atoms with Crippen LogP contribution in [0.4, 0.5) is 10.3 Å². The molecule has 0 aliphatic carbocycles. The van der Waals surface area contributed by atoms with E-state index in [0.29, 0.717) is 37.8 Å². The maximum atomic E-state index is 15.3. The first-order valence-electron chi connectivity index (χ1n) is 10.7. The molecule has 0 bridgehead atoms. The van der Waals surface area contributed by atoms with Crippen LogP contribution in [0.25, 0.3) is 10.9 Å². The van der Waals surface area contributed by atoms with Crippen molar-refractivity contribution < 1.29 is 14.2 Å². The average Bonchev–Trinajstić information content (AvgIpc) is 3.17. The van der Waals surface area contributed by atoms with Crippen LogP contribution in [0.1, 0.15) is 37.3 Å². The normalized spacial score (nSPS) is 26.7. The number of fused-ring (bicyclic) bond motifs is 1. The lowest BCUT2D eigenvalue weighted by Gasteiger charge is -2.39. The SMILES string of the molecule is CC(C)=C(C=N)Nc1ncc2cc(C)c([C@@H]3CCN([C@@H]4COC[C@@H]4O)C[C@H]3F)cc2n1. The summed E-state index contributed by atoms with van der Waals surface area (Å²) in [7, 11) is 0. The number of nitrogens with zero attached hydrogens (tertiary/aromatic N) is 3. The molecule has 2 saturated heterocycles. The van der Waals surface area contributed by atoms with Crippen LogP contribution in [0.2, 0.25) is 0 Å². The van der Waals surface area contributed by atoms with E-state index in [2.05, 4.69) is 15.3 Å². The predicted molar refractivity (Wildman–Crippen MR) is 119 cm³/mol. The molecule has 2 aliphatic heterocycles. The number of nitrogens with one attached hydrogen (secondary N) is 2. The van der Waals surface area contributed by atoms with E-state index >= 15 is 4.39 Å². The highest BCUT2D eigenvalue weighted by molar-refractivity contribution is 5.83. The number of anilines is 1. The van der Waals surface area contributed by atoms with Gasteiger partial charge in [0.2, 0.25) is 5.95 Å². The third-order valence-corrected chi connectivity index (χ3v) is 6.36. The molecule has 7 nitrogen and oxygen atoms in total. The summed E-state index contributed by atoms with van der Waals surface area (Å²) in [6.07, 6.45) is 2.12. The van der Waals surface area contributed by atoms with Gasteiger partial charge in [-0.15, -0.1) is 0 Å². The van der Waals surface area contributed by atoms with Crippen LogP contribution in [0, 0.1) is 12.3 Å². The van der Waals surface area contributed by atoms with Gasteiger partial charge in [-0.1, -0.05) is 5.57 Å². The molecule has 1 aromatic heterocycles. The van der Waals surface area contributed by atoms with Gasteiger partial charge in [0, 0.05) is 30.3 Å². The van der Waals surface area contributed by atoms with Crippen LogP contribution in [-0.4, -0.2) is 70.8 Å². The van der Waals surface area contributed by atoms with E-state index in [1.165, 1.54) is 6.21 Å². The van der Waals surface area contributed by atoms with Gasteiger partial charge in [-0.2, -0.15) is 0 Å². The smallest absolute Gasteiger partial charge is 0.227 e. The highest BCUT2D eigenvalue weighted by Gasteiger charge is 2.38. The number of halogens is 1. The van der Waals surface area contributed by atoms with Crippen molar-refractivity contribution in [2.75, 3.05) is 31.6 Å². The fraction of sp³-hybridized carbons (Fsp3) is 0.522. The second-order valence-electron chi connectivity index (χ2n) is 8.72. The fourth-order valence-corrected chi connectivity index (χ4v) is 4.55. The number of alkyl halides is 1. The molecule has 166 valence electrons. The molecule has 0 radical (unpaired) electrons. The summed E-state index contributed by atoms with van der Waals surface area (Å²) in [5, 5.41) is 21.6. The standard InChI is InChI=1S/C23H30FN5O2/c1-13(2)20(8-25)28-23-26-9-15-6-14(3)17(7-19(15)27-23)16-4-5-29(10-18(16)24)21-11-31-12-22(21)30/h6-9,16,18,21-22,25,30H,4-5,10-12H2,1-3H3,(H,26,27,28)/t16-,18+,21+,22-/m0/s1. The number of aliphatic hydroxyl groups excluding tert-OH is 1. The minimum atomic E-state index is -1.02. The molecule has 8 heteroatoms. The zero-order chi connectivity index (χ0) is 22.1. The summed E-state index contributed by atoms with van der Waals surface area (Å²) in [5.74, 6) is 0.213. The Bertz CT molecular complexity index is 1010. The van der Waals surface area contributed by atoms with Gasteiger partial charge in [0.05, 0.1) is 36.6 Å². The number of aromatic nitrogens is 2. The molecule has 0 amide bonds. The van der Waals surface area contributed by atoms with Crippen molar-refractivity contribution in [3.63, 3.8) is 0 Å². The lowest BCUT2D eigenvalue weighted by Crippen LogP contribution is -2.50. The van der Waals surface area contributed by atoms with Gasteiger partial charge in [0.25, 0.3) is 0 Å². The fourth-order valence-electron chi connectivity index (χ4n) is 4.55. The summed E-state index contributed by atoms with van der Waals surface area (Å²) in [6, 6.07) is 3.88. The van der Waals surface area contributed by atoms with Crippen molar-refractivity contribution >= 4 is 23.1 Å². The Morgan fingerprint density at radius 2 is 2.16 bits per heavy atom. The Morgan fingerprint density at radius 3 is 2.81 bits per heavy atom. The molecular weight excluding hydrogens is 397 g/mol. The summed E-state index contributed by atoms with van der Waals surface area (Å²) in [6.45, 7) is 7.66. The molecule has 2 aromatic rings. The van der Waals surface area contributed by atoms with Crippen molar-refractivity contribution in [1.29, 1.82) is 5.41 Å². The number of ether oxygens (including phenoxy) is 1. The largest absolute Gasteiger partial charge is 0.389 e. The molecule has 2 fully saturated rings. The lowest BCUT2D eigenvalue weighted by molar-refractivity contribution is 0.0352.